The van der Waals surface area contributed by atoms with Gasteiger partial charge in [-0.3, -0.25) is 33.6 Å². The molecule has 0 saturated carbocycles. The molecule has 30 heavy (non-hydrogen) atoms. The lowest BCUT2D eigenvalue weighted by atomic mass is 9.86. The van der Waals surface area contributed by atoms with E-state index in [1.807, 2.05) is 0 Å². The van der Waals surface area contributed by atoms with Crippen molar-refractivity contribution in [2.75, 3.05) is 5.75 Å². The maximum Gasteiger partial charge on any atom is 0.296 e. The number of primary amides is 6. The van der Waals surface area contributed by atoms with Gasteiger partial charge in [-0.15, -0.1) is 0 Å². The van der Waals surface area contributed by atoms with Crippen LogP contribution in [0.3, 0.4) is 0 Å². The molecule has 1 aromatic rings. The van der Waals surface area contributed by atoms with Gasteiger partial charge in [0.05, 0.1) is 28.2 Å². The van der Waals surface area contributed by atoms with Gasteiger partial charge in [0, 0.05) is 5.75 Å². The van der Waals surface area contributed by atoms with Gasteiger partial charge in [-0.1, -0.05) is 11.8 Å². The zero-order valence-corrected chi connectivity index (χ0v) is 16.1. The first kappa shape index (κ1) is 24.1. The van der Waals surface area contributed by atoms with Gasteiger partial charge in [0.15, 0.2) is 0 Å². The molecule has 12 N–H and O–H groups in total. The minimum atomic E-state index is -1.31. The van der Waals surface area contributed by atoms with Gasteiger partial charge < -0.3 is 34.4 Å². The molecular formula is C16H18N6O7S. The molecule has 0 saturated heterocycles. The van der Waals surface area contributed by atoms with E-state index in [9.17, 15) is 33.6 Å². The van der Waals surface area contributed by atoms with E-state index in [0.717, 1.165) is 6.07 Å². The summed E-state index contributed by atoms with van der Waals surface area (Å²) in [5.41, 5.74) is 28.4. The highest BCUT2D eigenvalue weighted by Gasteiger charge is 2.31. The van der Waals surface area contributed by atoms with Gasteiger partial charge in [-0.05, 0) is 18.1 Å². The molecule has 1 rings (SSSR count). The summed E-state index contributed by atoms with van der Waals surface area (Å²) in [7, 11) is 0. The highest BCUT2D eigenvalue weighted by Crippen LogP contribution is 2.26. The van der Waals surface area contributed by atoms with Crippen molar-refractivity contribution in [1.29, 1.82) is 0 Å². The van der Waals surface area contributed by atoms with E-state index in [0.29, 0.717) is 11.8 Å². The Morgan fingerprint density at radius 2 is 1.23 bits per heavy atom. The Labute approximate surface area is 172 Å². The van der Waals surface area contributed by atoms with E-state index in [1.165, 1.54) is 0 Å². The van der Waals surface area contributed by atoms with Crippen molar-refractivity contribution in [3.63, 3.8) is 0 Å². The van der Waals surface area contributed by atoms with Crippen LogP contribution in [0.1, 0.15) is 47.0 Å². The summed E-state index contributed by atoms with van der Waals surface area (Å²) in [5.74, 6) is -8.70. The molecule has 0 aliphatic heterocycles. The quantitative estimate of drug-likeness (QED) is 0.209. The van der Waals surface area contributed by atoms with Gasteiger partial charge in [-0.25, -0.2) is 0 Å². The second-order valence-corrected chi connectivity index (χ2v) is 6.92. The molecule has 1 aromatic carbocycles. The molecular weight excluding hydrogens is 420 g/mol. The number of hydrogen-bond donors (Lipinski definition) is 6. The van der Waals surface area contributed by atoms with Crippen molar-refractivity contribution in [2.24, 2.45) is 40.3 Å². The zero-order valence-electron chi connectivity index (χ0n) is 15.3. The van der Waals surface area contributed by atoms with Crippen LogP contribution < -0.4 is 34.4 Å². The Morgan fingerprint density at radius 3 is 1.60 bits per heavy atom. The third-order valence-electron chi connectivity index (χ3n) is 3.90. The number of rotatable bonds is 9. The van der Waals surface area contributed by atoms with Crippen molar-refractivity contribution in [3.8, 4) is 0 Å². The first-order valence-electron chi connectivity index (χ1n) is 7.94. The van der Waals surface area contributed by atoms with Crippen LogP contribution in [0.15, 0.2) is 6.07 Å². The van der Waals surface area contributed by atoms with E-state index < -0.39 is 75.2 Å². The van der Waals surface area contributed by atoms with Crippen molar-refractivity contribution in [1.82, 2.24) is 0 Å². The molecule has 1 unspecified atom stereocenters. The summed E-state index contributed by atoms with van der Waals surface area (Å²) in [4.78, 5) is 81.6. The molecule has 0 bridgehead atoms. The summed E-state index contributed by atoms with van der Waals surface area (Å²) >= 11 is 0.396. The SMILES string of the molecule is NC(=O)C(=O)SCC(Cc1cc(C(N)=O)c(C(N)=O)c(C(N)=O)c1C(N)=O)C(N)=O. The summed E-state index contributed by atoms with van der Waals surface area (Å²) in [6.07, 6.45) is -0.424. The fourth-order valence-electron chi connectivity index (χ4n) is 2.63. The maximum absolute atomic E-state index is 12.0. The largest absolute Gasteiger partial charge is 0.369 e. The van der Waals surface area contributed by atoms with E-state index in [-0.39, 0.29) is 11.3 Å². The van der Waals surface area contributed by atoms with Crippen molar-refractivity contribution in [2.45, 2.75) is 6.42 Å². The number of benzene rings is 1. The molecule has 0 aliphatic carbocycles. The number of amides is 6. The molecule has 0 aliphatic rings. The van der Waals surface area contributed by atoms with Gasteiger partial charge in [-0.2, -0.15) is 0 Å². The van der Waals surface area contributed by atoms with Crippen LogP contribution in [0.5, 0.6) is 0 Å². The lowest BCUT2D eigenvalue weighted by Crippen LogP contribution is -2.33. The van der Waals surface area contributed by atoms with Crippen LogP contribution in [-0.4, -0.2) is 46.3 Å². The highest BCUT2D eigenvalue weighted by molar-refractivity contribution is 8.15. The minimum absolute atomic E-state index is 0.175. The Balaban J connectivity index is 3.69. The molecule has 6 amide bonds. The normalized spacial score (nSPS) is 11.3. The monoisotopic (exact) mass is 438 g/mol. The van der Waals surface area contributed by atoms with Crippen LogP contribution in [-0.2, 0) is 20.8 Å². The summed E-state index contributed by atoms with van der Waals surface area (Å²) in [5, 5.41) is -1.05. The van der Waals surface area contributed by atoms with Crippen LogP contribution in [0.25, 0.3) is 0 Å². The topological polar surface area (TPSA) is 276 Å². The van der Waals surface area contributed by atoms with Gasteiger partial charge in [0.1, 0.15) is 0 Å². The number of carbonyl (C=O) groups is 7. The van der Waals surface area contributed by atoms with Crippen LogP contribution in [0.4, 0.5) is 0 Å². The average Bonchev–Trinajstić information content (AvgIpc) is 2.62. The summed E-state index contributed by atoms with van der Waals surface area (Å²) < 4.78 is 0. The van der Waals surface area contributed by atoms with Gasteiger partial charge in [0.2, 0.25) is 29.5 Å². The molecule has 160 valence electrons. The Hall–Kier alpha value is -3.94. The van der Waals surface area contributed by atoms with Crippen molar-refractivity contribution >= 4 is 52.3 Å². The van der Waals surface area contributed by atoms with Crippen molar-refractivity contribution < 1.29 is 33.6 Å². The van der Waals surface area contributed by atoms with Gasteiger partial charge >= 0.3 is 0 Å². The Bertz CT molecular complexity index is 991. The molecule has 14 heteroatoms. The predicted molar refractivity (Wildman–Crippen MR) is 104 cm³/mol. The Kier molecular flexibility index (Phi) is 7.64. The number of nitrogens with two attached hydrogens (primary N) is 6. The lowest BCUT2D eigenvalue weighted by Gasteiger charge is -2.19. The van der Waals surface area contributed by atoms with E-state index in [2.05, 4.69) is 0 Å². The summed E-state index contributed by atoms with van der Waals surface area (Å²) in [6.45, 7) is 0. The zero-order chi connectivity index (χ0) is 23.3. The first-order valence-corrected chi connectivity index (χ1v) is 8.93. The van der Waals surface area contributed by atoms with E-state index in [4.69, 9.17) is 34.4 Å². The average molecular weight is 438 g/mol. The molecule has 0 heterocycles. The third-order valence-corrected chi connectivity index (χ3v) is 4.93. The molecule has 0 fully saturated rings. The minimum Gasteiger partial charge on any atom is -0.369 e. The molecule has 0 radical (unpaired) electrons. The third kappa shape index (κ3) is 5.32. The van der Waals surface area contributed by atoms with E-state index in [1.54, 1.807) is 0 Å². The van der Waals surface area contributed by atoms with Crippen molar-refractivity contribution in [3.05, 3.63) is 33.9 Å². The molecule has 13 nitrogen and oxygen atoms in total. The van der Waals surface area contributed by atoms with Gasteiger partial charge in [0.25, 0.3) is 11.0 Å². The van der Waals surface area contributed by atoms with Crippen LogP contribution in [0.2, 0.25) is 0 Å². The fourth-order valence-corrected chi connectivity index (χ4v) is 3.41. The second-order valence-electron chi connectivity index (χ2n) is 5.93. The first-order chi connectivity index (χ1) is 13.8. The van der Waals surface area contributed by atoms with Crippen LogP contribution in [0, 0.1) is 5.92 Å². The standard InChI is InChI=1S/C16H18N6O7S/c17-10(23)5(3-30-16(29)15(22)28)1-4-2-6(11(18)24)8(13(20)26)9(14(21)27)7(4)12(19)25/h2,5H,1,3H2,(H2,17,23)(H2,18,24)(H2,19,25)(H2,20,26)(H2,21,27)(H2,22,28). The van der Waals surface area contributed by atoms with Crippen LogP contribution >= 0.6 is 11.8 Å². The predicted octanol–water partition coefficient (Wildman–Crippen LogP) is -3.53. The number of hydrogen-bond acceptors (Lipinski definition) is 8. The van der Waals surface area contributed by atoms with E-state index >= 15 is 0 Å². The number of thioether (sulfide) groups is 1. The smallest absolute Gasteiger partial charge is 0.296 e. The highest BCUT2D eigenvalue weighted by atomic mass is 32.2. The number of carbonyl (C=O) groups excluding carboxylic acids is 7. The fraction of sp³-hybridized carbons (Fsp3) is 0.188. The molecule has 1 atom stereocenters. The summed E-state index contributed by atoms with van der Waals surface area (Å²) in [6, 6.07) is 0.950. The maximum atomic E-state index is 12.0. The molecule has 0 spiro atoms. The second kappa shape index (κ2) is 9.51. The Morgan fingerprint density at radius 1 is 0.733 bits per heavy atom. The lowest BCUT2D eigenvalue weighted by molar-refractivity contribution is -0.131. The molecule has 0 aromatic heterocycles.